The molecule has 100 valence electrons. The van der Waals surface area contributed by atoms with E-state index < -0.39 is 18.3 Å². The van der Waals surface area contributed by atoms with Crippen LogP contribution in [0.15, 0.2) is 30.3 Å². The van der Waals surface area contributed by atoms with E-state index in [0.29, 0.717) is 0 Å². The van der Waals surface area contributed by atoms with Gasteiger partial charge in [-0.1, -0.05) is 30.3 Å². The Morgan fingerprint density at radius 3 is 2.67 bits per heavy atom. The minimum atomic E-state index is -0.761. The van der Waals surface area contributed by atoms with Crippen LogP contribution in [0.5, 0.6) is 0 Å². The summed E-state index contributed by atoms with van der Waals surface area (Å²) in [7, 11) is 0. The molecule has 1 aromatic rings. The van der Waals surface area contributed by atoms with E-state index in [4.69, 9.17) is 10.5 Å². The zero-order valence-electron chi connectivity index (χ0n) is 10.5. The van der Waals surface area contributed by atoms with Crippen molar-refractivity contribution < 1.29 is 13.9 Å². The van der Waals surface area contributed by atoms with Crippen molar-refractivity contribution in [2.24, 2.45) is 5.73 Å². The van der Waals surface area contributed by atoms with Crippen LogP contribution in [0, 0.1) is 0 Å². The van der Waals surface area contributed by atoms with Crippen molar-refractivity contribution in [3.8, 4) is 0 Å². The average molecular weight is 254 g/mol. The molecule has 18 heavy (non-hydrogen) atoms. The number of nitrogens with one attached hydrogen (secondary N) is 1. The summed E-state index contributed by atoms with van der Waals surface area (Å²) in [5.74, 6) is 0. The van der Waals surface area contributed by atoms with Gasteiger partial charge in [0.1, 0.15) is 6.61 Å². The van der Waals surface area contributed by atoms with Gasteiger partial charge in [-0.25, -0.2) is 4.79 Å². The van der Waals surface area contributed by atoms with Crippen LogP contribution in [0.25, 0.3) is 0 Å². The molecule has 0 saturated heterocycles. The molecule has 0 heterocycles. The average Bonchev–Trinajstić information content (AvgIpc) is 2.38. The number of alkyl halides is 1. The first-order chi connectivity index (χ1) is 8.59. The van der Waals surface area contributed by atoms with Gasteiger partial charge >= 0.3 is 6.09 Å². The highest BCUT2D eigenvalue weighted by atomic mass is 19.1. The fourth-order valence-corrected chi connectivity index (χ4v) is 1.43. The van der Waals surface area contributed by atoms with Crippen molar-refractivity contribution in [2.75, 3.05) is 13.2 Å². The molecule has 0 fully saturated rings. The third-order valence-electron chi connectivity index (χ3n) is 2.71. The number of hydrogen-bond acceptors (Lipinski definition) is 3. The lowest BCUT2D eigenvalue weighted by molar-refractivity contribution is 0.126. The van der Waals surface area contributed by atoms with E-state index in [1.165, 1.54) is 0 Å². The molecule has 0 aliphatic heterocycles. The number of amides is 1. The van der Waals surface area contributed by atoms with E-state index in [1.807, 2.05) is 30.3 Å². The van der Waals surface area contributed by atoms with E-state index >= 15 is 0 Å². The molecule has 0 unspecified atom stereocenters. The van der Waals surface area contributed by atoms with Crippen LogP contribution in [0.1, 0.15) is 18.9 Å². The largest absolute Gasteiger partial charge is 0.445 e. The number of halogens is 1. The Kier molecular flexibility index (Phi) is 5.58. The molecule has 0 radical (unpaired) electrons. The van der Waals surface area contributed by atoms with Gasteiger partial charge in [-0.2, -0.15) is 0 Å². The first kappa shape index (κ1) is 14.4. The molecule has 1 amide bonds. The van der Waals surface area contributed by atoms with Crippen LogP contribution in [-0.2, 0) is 11.3 Å². The summed E-state index contributed by atoms with van der Waals surface area (Å²) in [5.41, 5.74) is 5.65. The van der Waals surface area contributed by atoms with Crippen LogP contribution in [0.3, 0.4) is 0 Å². The molecule has 0 bridgehead atoms. The number of carbonyl (C=O) groups is 1. The van der Waals surface area contributed by atoms with E-state index in [-0.39, 0.29) is 19.6 Å². The maximum atomic E-state index is 12.3. The van der Waals surface area contributed by atoms with Gasteiger partial charge in [0, 0.05) is 6.54 Å². The van der Waals surface area contributed by atoms with Gasteiger partial charge in [0.05, 0.1) is 12.2 Å². The highest BCUT2D eigenvalue weighted by Gasteiger charge is 2.25. The molecule has 1 rings (SSSR count). The van der Waals surface area contributed by atoms with E-state index in [9.17, 15) is 9.18 Å². The highest BCUT2D eigenvalue weighted by molar-refractivity contribution is 5.68. The minimum Gasteiger partial charge on any atom is -0.445 e. The number of nitrogens with two attached hydrogens (primary N) is 1. The monoisotopic (exact) mass is 254 g/mol. The minimum absolute atomic E-state index is 0.164. The number of alkyl carbamates (subject to hydrolysis) is 1. The van der Waals surface area contributed by atoms with Crippen molar-refractivity contribution in [3.63, 3.8) is 0 Å². The molecule has 0 saturated carbocycles. The van der Waals surface area contributed by atoms with Crippen molar-refractivity contribution in [1.82, 2.24) is 5.32 Å². The Balaban J connectivity index is 2.41. The van der Waals surface area contributed by atoms with Crippen LogP contribution in [-0.4, -0.2) is 24.9 Å². The van der Waals surface area contributed by atoms with Crippen LogP contribution in [0.2, 0.25) is 0 Å². The van der Waals surface area contributed by atoms with Crippen LogP contribution in [0.4, 0.5) is 9.18 Å². The smallest absolute Gasteiger partial charge is 0.407 e. The van der Waals surface area contributed by atoms with Crippen molar-refractivity contribution in [1.29, 1.82) is 0 Å². The van der Waals surface area contributed by atoms with Crippen molar-refractivity contribution in [3.05, 3.63) is 35.9 Å². The Labute approximate surface area is 106 Å². The first-order valence-corrected chi connectivity index (χ1v) is 5.84. The van der Waals surface area contributed by atoms with Gasteiger partial charge in [-0.3, -0.25) is 4.39 Å². The molecule has 0 aliphatic rings. The lowest BCUT2D eigenvalue weighted by Gasteiger charge is -2.27. The summed E-state index contributed by atoms with van der Waals surface area (Å²) in [6.45, 7) is 1.50. The van der Waals surface area contributed by atoms with Crippen LogP contribution < -0.4 is 11.1 Å². The Morgan fingerprint density at radius 2 is 2.11 bits per heavy atom. The molecule has 4 nitrogen and oxygen atoms in total. The normalized spacial score (nSPS) is 13.7. The summed E-state index contributed by atoms with van der Waals surface area (Å²) < 4.78 is 17.4. The zero-order chi connectivity index (χ0) is 13.4. The fraction of sp³-hybridized carbons (Fsp3) is 0.462. The quantitative estimate of drug-likeness (QED) is 0.816. The summed E-state index contributed by atoms with van der Waals surface area (Å²) in [6.07, 6.45) is -0.413. The van der Waals surface area contributed by atoms with Crippen LogP contribution >= 0.6 is 0 Å². The second-order valence-electron chi connectivity index (χ2n) is 4.39. The standard InChI is InChI=1S/C13H19FN2O2/c1-13(10-15,7-8-14)16-12(17)18-9-11-5-3-2-4-6-11/h2-6H,7-10,15H2,1H3,(H,16,17)/t13-/m0/s1. The molecule has 0 aliphatic carbocycles. The highest BCUT2D eigenvalue weighted by Crippen LogP contribution is 2.09. The molecule has 5 heteroatoms. The van der Waals surface area contributed by atoms with Crippen molar-refractivity contribution in [2.45, 2.75) is 25.5 Å². The Bertz CT molecular complexity index is 373. The topological polar surface area (TPSA) is 64.3 Å². The lowest BCUT2D eigenvalue weighted by Crippen LogP contribution is -2.51. The van der Waals surface area contributed by atoms with E-state index in [2.05, 4.69) is 5.32 Å². The number of rotatable bonds is 6. The SMILES string of the molecule is C[C@@](CN)(CCF)NC(=O)OCc1ccccc1. The molecular weight excluding hydrogens is 235 g/mol. The number of carbonyl (C=O) groups excluding carboxylic acids is 1. The molecule has 3 N–H and O–H groups in total. The molecule has 1 aromatic carbocycles. The second-order valence-corrected chi connectivity index (χ2v) is 4.39. The number of benzene rings is 1. The molecule has 0 spiro atoms. The zero-order valence-corrected chi connectivity index (χ0v) is 10.5. The van der Waals surface area contributed by atoms with Gasteiger partial charge in [-0.05, 0) is 18.9 Å². The van der Waals surface area contributed by atoms with E-state index in [0.717, 1.165) is 5.56 Å². The maximum Gasteiger partial charge on any atom is 0.407 e. The van der Waals surface area contributed by atoms with Gasteiger partial charge in [0.15, 0.2) is 0 Å². The predicted octanol–water partition coefficient (Wildman–Crippen LogP) is 1.99. The molecular formula is C13H19FN2O2. The third-order valence-corrected chi connectivity index (χ3v) is 2.71. The third kappa shape index (κ3) is 4.71. The number of hydrogen-bond donors (Lipinski definition) is 2. The molecule has 1 atom stereocenters. The summed E-state index contributed by atoms with van der Waals surface area (Å²) in [5, 5.41) is 2.59. The van der Waals surface area contributed by atoms with Gasteiger partial charge in [0.2, 0.25) is 0 Å². The first-order valence-electron chi connectivity index (χ1n) is 5.84. The second kappa shape index (κ2) is 6.96. The van der Waals surface area contributed by atoms with Gasteiger partial charge < -0.3 is 15.8 Å². The summed E-state index contributed by atoms with van der Waals surface area (Å²) >= 11 is 0. The van der Waals surface area contributed by atoms with E-state index in [1.54, 1.807) is 6.92 Å². The number of ether oxygens (including phenoxy) is 1. The van der Waals surface area contributed by atoms with Crippen molar-refractivity contribution >= 4 is 6.09 Å². The summed E-state index contributed by atoms with van der Waals surface area (Å²) in [4.78, 5) is 11.6. The predicted molar refractivity (Wildman–Crippen MR) is 67.8 cm³/mol. The Hall–Kier alpha value is -1.62. The lowest BCUT2D eigenvalue weighted by atomic mass is 9.99. The fourth-order valence-electron chi connectivity index (χ4n) is 1.43. The maximum absolute atomic E-state index is 12.3. The van der Waals surface area contributed by atoms with Gasteiger partial charge in [0.25, 0.3) is 0 Å². The summed E-state index contributed by atoms with van der Waals surface area (Å²) in [6, 6.07) is 9.33. The van der Waals surface area contributed by atoms with Gasteiger partial charge in [-0.15, -0.1) is 0 Å². The molecule has 0 aromatic heterocycles. The Morgan fingerprint density at radius 1 is 1.44 bits per heavy atom.